The molecule has 0 aromatic heterocycles. The van der Waals surface area contributed by atoms with Crippen LogP contribution in [0.3, 0.4) is 0 Å². The molecule has 2 fully saturated rings. The Kier molecular flexibility index (Phi) is 3.80. The van der Waals surface area contributed by atoms with Crippen molar-refractivity contribution >= 4 is 17.7 Å². The normalized spacial score (nSPS) is 39.7. The summed E-state index contributed by atoms with van der Waals surface area (Å²) < 4.78 is 0. The Morgan fingerprint density at radius 3 is 2.81 bits per heavy atom. The van der Waals surface area contributed by atoms with Crippen molar-refractivity contribution in [1.82, 2.24) is 10.2 Å². The van der Waals surface area contributed by atoms with E-state index < -0.39 is 0 Å². The summed E-state index contributed by atoms with van der Waals surface area (Å²) >= 11 is 1.92. The lowest BCUT2D eigenvalue weighted by atomic mass is 10.1. The molecule has 4 heteroatoms. The molecule has 92 valence electrons. The van der Waals surface area contributed by atoms with Gasteiger partial charge in [-0.25, -0.2) is 0 Å². The van der Waals surface area contributed by atoms with E-state index in [2.05, 4.69) is 30.3 Å². The zero-order valence-corrected chi connectivity index (χ0v) is 11.2. The highest BCUT2D eigenvalue weighted by molar-refractivity contribution is 7.99. The molecule has 0 aromatic carbocycles. The van der Waals surface area contributed by atoms with Gasteiger partial charge in [0.15, 0.2) is 0 Å². The fourth-order valence-electron chi connectivity index (χ4n) is 3.06. The maximum atomic E-state index is 12.2. The number of hydrogen-bond acceptors (Lipinski definition) is 3. The number of nitrogens with zero attached hydrogens (tertiary/aromatic N) is 1. The summed E-state index contributed by atoms with van der Waals surface area (Å²) in [5, 5.41) is 4.03. The maximum absolute atomic E-state index is 12.2. The summed E-state index contributed by atoms with van der Waals surface area (Å²) in [6.45, 7) is 4.19. The lowest BCUT2D eigenvalue weighted by Crippen LogP contribution is -2.45. The fraction of sp³-hybridized carbons (Fsp3) is 0.917. The zero-order valence-electron chi connectivity index (χ0n) is 10.4. The molecule has 1 amide bonds. The van der Waals surface area contributed by atoms with Gasteiger partial charge in [0.25, 0.3) is 0 Å². The van der Waals surface area contributed by atoms with Gasteiger partial charge in [-0.3, -0.25) is 10.1 Å². The molecule has 3 nitrogen and oxygen atoms in total. The molecule has 1 aliphatic carbocycles. The molecule has 0 bridgehead atoms. The number of hydrogen-bond donors (Lipinski definition) is 1. The predicted octanol–water partition coefficient (Wildman–Crippen LogP) is 1.83. The van der Waals surface area contributed by atoms with Crippen LogP contribution in [0.4, 0.5) is 0 Å². The van der Waals surface area contributed by atoms with Gasteiger partial charge in [0.2, 0.25) is 5.91 Å². The van der Waals surface area contributed by atoms with Gasteiger partial charge in [0, 0.05) is 11.3 Å². The molecule has 0 radical (unpaired) electrons. The van der Waals surface area contributed by atoms with Crippen molar-refractivity contribution in [3.05, 3.63) is 0 Å². The van der Waals surface area contributed by atoms with Crippen LogP contribution in [-0.4, -0.2) is 40.6 Å². The minimum Gasteiger partial charge on any atom is -0.322 e. The molecule has 4 atom stereocenters. The monoisotopic (exact) mass is 242 g/mol. The molecule has 0 aromatic rings. The van der Waals surface area contributed by atoms with Crippen LogP contribution in [0.5, 0.6) is 0 Å². The van der Waals surface area contributed by atoms with Crippen LogP contribution in [-0.2, 0) is 4.79 Å². The van der Waals surface area contributed by atoms with Crippen LogP contribution >= 0.6 is 11.8 Å². The molecular weight excluding hydrogens is 220 g/mol. The van der Waals surface area contributed by atoms with Crippen molar-refractivity contribution in [2.24, 2.45) is 0 Å². The number of carbonyl (C=O) groups is 1. The van der Waals surface area contributed by atoms with Gasteiger partial charge in [0.05, 0.1) is 12.2 Å². The number of thioether (sulfide) groups is 1. The third-order valence-corrected chi connectivity index (χ3v) is 5.05. The highest BCUT2D eigenvalue weighted by Gasteiger charge is 2.43. The molecular formula is C12H22N2OS. The van der Waals surface area contributed by atoms with Gasteiger partial charge < -0.3 is 4.90 Å². The summed E-state index contributed by atoms with van der Waals surface area (Å²) in [7, 11) is 0. The summed E-state index contributed by atoms with van der Waals surface area (Å²) in [4.78, 5) is 14.4. The highest BCUT2D eigenvalue weighted by atomic mass is 32.2. The third-order valence-electron chi connectivity index (χ3n) is 3.90. The van der Waals surface area contributed by atoms with Crippen LogP contribution < -0.4 is 5.32 Å². The van der Waals surface area contributed by atoms with E-state index >= 15 is 0 Å². The molecule has 4 unspecified atom stereocenters. The summed E-state index contributed by atoms with van der Waals surface area (Å²) in [6.07, 6.45) is 6.99. The Morgan fingerprint density at radius 1 is 1.50 bits per heavy atom. The van der Waals surface area contributed by atoms with Crippen LogP contribution in [0, 0.1) is 0 Å². The molecule has 16 heavy (non-hydrogen) atoms. The maximum Gasteiger partial charge on any atom is 0.241 e. The van der Waals surface area contributed by atoms with E-state index in [1.165, 1.54) is 19.3 Å². The van der Waals surface area contributed by atoms with E-state index in [1.54, 1.807) is 0 Å². The number of rotatable bonds is 3. The average molecular weight is 242 g/mol. The predicted molar refractivity (Wildman–Crippen MR) is 68.5 cm³/mol. The second kappa shape index (κ2) is 4.96. The topological polar surface area (TPSA) is 32.3 Å². The van der Waals surface area contributed by atoms with Gasteiger partial charge in [-0.05, 0) is 32.4 Å². The molecule has 1 heterocycles. The minimum atomic E-state index is 0.0538. The summed E-state index contributed by atoms with van der Waals surface area (Å²) in [5.74, 6) is 0.320. The standard InChI is InChI=1S/C12H22N2OS/c1-4-9-12(15)14(8(2)13-9)10-6-5-7-11(10)16-3/h8-11,13H,4-7H2,1-3H3. The van der Waals surface area contributed by atoms with E-state index in [-0.39, 0.29) is 12.2 Å². The molecule has 1 N–H and O–H groups in total. The van der Waals surface area contributed by atoms with Crippen molar-refractivity contribution < 1.29 is 4.79 Å². The van der Waals surface area contributed by atoms with Gasteiger partial charge in [-0.15, -0.1) is 0 Å². The van der Waals surface area contributed by atoms with Crippen molar-refractivity contribution in [2.45, 2.75) is 63.0 Å². The lowest BCUT2D eigenvalue weighted by molar-refractivity contribution is -0.131. The quantitative estimate of drug-likeness (QED) is 0.819. The van der Waals surface area contributed by atoms with E-state index in [4.69, 9.17) is 0 Å². The molecule has 0 spiro atoms. The first kappa shape index (κ1) is 12.2. The summed E-state index contributed by atoms with van der Waals surface area (Å²) in [5.41, 5.74) is 0. The number of nitrogens with one attached hydrogen (secondary N) is 1. The van der Waals surface area contributed by atoms with Gasteiger partial charge in [0.1, 0.15) is 0 Å². The Balaban J connectivity index is 2.11. The van der Waals surface area contributed by atoms with Gasteiger partial charge in [-0.2, -0.15) is 11.8 Å². The van der Waals surface area contributed by atoms with Crippen LogP contribution in [0.15, 0.2) is 0 Å². The first-order chi connectivity index (χ1) is 7.69. The molecule has 1 saturated heterocycles. The van der Waals surface area contributed by atoms with Crippen molar-refractivity contribution in [2.75, 3.05) is 6.26 Å². The average Bonchev–Trinajstić information content (AvgIpc) is 2.83. The highest BCUT2D eigenvalue weighted by Crippen LogP contribution is 2.34. The van der Waals surface area contributed by atoms with Crippen molar-refractivity contribution in [3.8, 4) is 0 Å². The van der Waals surface area contributed by atoms with Gasteiger partial charge in [-0.1, -0.05) is 13.3 Å². The Hall–Kier alpha value is -0.220. The third kappa shape index (κ3) is 1.97. The minimum absolute atomic E-state index is 0.0538. The molecule has 2 rings (SSSR count). The van der Waals surface area contributed by atoms with Crippen molar-refractivity contribution in [1.29, 1.82) is 0 Å². The first-order valence-corrected chi connectivity index (χ1v) is 7.58. The van der Waals surface area contributed by atoms with Crippen molar-refractivity contribution in [3.63, 3.8) is 0 Å². The lowest BCUT2D eigenvalue weighted by Gasteiger charge is -2.31. The Labute approximate surface area is 102 Å². The van der Waals surface area contributed by atoms with E-state index in [1.807, 2.05) is 11.8 Å². The molecule has 2 aliphatic rings. The zero-order chi connectivity index (χ0) is 11.7. The van der Waals surface area contributed by atoms with E-state index in [9.17, 15) is 4.79 Å². The van der Waals surface area contributed by atoms with Crippen LogP contribution in [0.1, 0.15) is 39.5 Å². The second-order valence-corrected chi connectivity index (χ2v) is 5.90. The fourth-order valence-corrected chi connectivity index (χ4v) is 4.04. The first-order valence-electron chi connectivity index (χ1n) is 6.30. The van der Waals surface area contributed by atoms with Crippen LogP contribution in [0.25, 0.3) is 0 Å². The summed E-state index contributed by atoms with van der Waals surface area (Å²) in [6, 6.07) is 0.514. The van der Waals surface area contributed by atoms with E-state index in [0.29, 0.717) is 17.2 Å². The molecule has 1 saturated carbocycles. The number of amides is 1. The Bertz CT molecular complexity index is 272. The van der Waals surface area contributed by atoms with E-state index in [0.717, 1.165) is 6.42 Å². The van der Waals surface area contributed by atoms with Gasteiger partial charge >= 0.3 is 0 Å². The Morgan fingerprint density at radius 2 is 2.25 bits per heavy atom. The number of carbonyl (C=O) groups excluding carboxylic acids is 1. The molecule has 1 aliphatic heterocycles. The second-order valence-electron chi connectivity index (χ2n) is 4.82. The smallest absolute Gasteiger partial charge is 0.241 e. The van der Waals surface area contributed by atoms with Crippen LogP contribution in [0.2, 0.25) is 0 Å². The SMILES string of the molecule is CCC1NC(C)N(C2CCCC2SC)C1=O. The largest absolute Gasteiger partial charge is 0.322 e.